The number of aromatic nitrogens is 1. The molecule has 0 bridgehead atoms. The lowest BCUT2D eigenvalue weighted by Crippen LogP contribution is -2.57. The molecular weight excluding hydrogens is 397 g/mol. The van der Waals surface area contributed by atoms with Crippen molar-refractivity contribution in [2.75, 3.05) is 19.6 Å². The van der Waals surface area contributed by atoms with E-state index in [1.54, 1.807) is 29.2 Å². The Hall–Kier alpha value is -2.96. The number of hydrogen-bond acceptors (Lipinski definition) is 3. The van der Waals surface area contributed by atoms with E-state index < -0.39 is 0 Å². The molecule has 0 unspecified atom stereocenters. The largest absolute Gasteiger partial charge is 0.339 e. The summed E-state index contributed by atoms with van der Waals surface area (Å²) < 4.78 is 14.0. The number of aryl methyl sites for hydroxylation is 2. The summed E-state index contributed by atoms with van der Waals surface area (Å²) in [7, 11) is 0. The number of likely N-dealkylation sites (tertiary alicyclic amines) is 2. The first-order valence-corrected chi connectivity index (χ1v) is 10.9. The van der Waals surface area contributed by atoms with Crippen LogP contribution >= 0.6 is 0 Å². The number of halogens is 1. The van der Waals surface area contributed by atoms with E-state index in [1.165, 1.54) is 6.07 Å². The number of carbonyl (C=O) groups excluding carboxylic acids is 2. The van der Waals surface area contributed by atoms with Crippen molar-refractivity contribution in [2.45, 2.75) is 45.6 Å². The molecule has 0 spiro atoms. The monoisotopic (exact) mass is 425 g/mol. The highest BCUT2D eigenvalue weighted by Crippen LogP contribution is 2.32. The van der Waals surface area contributed by atoms with Gasteiger partial charge in [-0.25, -0.2) is 4.39 Å². The van der Waals surface area contributed by atoms with E-state index >= 15 is 0 Å². The van der Waals surface area contributed by atoms with Gasteiger partial charge < -0.3 is 14.8 Å². The van der Waals surface area contributed by atoms with Gasteiger partial charge in [0.05, 0.1) is 0 Å². The minimum Gasteiger partial charge on any atom is -0.339 e. The number of benzene rings is 1. The lowest BCUT2D eigenvalue weighted by atomic mass is 9.83. The quantitative estimate of drug-likeness (QED) is 0.819. The van der Waals surface area contributed by atoms with Gasteiger partial charge in [-0.1, -0.05) is 18.2 Å². The maximum absolute atomic E-state index is 14.0. The number of piperidine rings is 2. The normalized spacial score (nSPS) is 21.2. The SMILES string of the molecule is Cc1cc(C(=O)N2CC[C@H]3[C@H](CCC(=O)N3CCc3ccccc3F)C2)c(=O)[nH]c1C. The molecule has 3 heterocycles. The number of pyridine rings is 1. The molecular formula is C24H28FN3O3. The molecule has 2 aromatic rings. The maximum atomic E-state index is 14.0. The molecule has 0 aliphatic carbocycles. The van der Waals surface area contributed by atoms with Crippen molar-refractivity contribution in [3.05, 3.63) is 68.9 Å². The number of fused-ring (bicyclic) bond motifs is 1. The maximum Gasteiger partial charge on any atom is 0.261 e. The van der Waals surface area contributed by atoms with Gasteiger partial charge >= 0.3 is 0 Å². The summed E-state index contributed by atoms with van der Waals surface area (Å²) in [5.74, 6) is -0.232. The van der Waals surface area contributed by atoms with Crippen LogP contribution in [0, 0.1) is 25.6 Å². The van der Waals surface area contributed by atoms with Crippen LogP contribution in [-0.2, 0) is 11.2 Å². The number of nitrogens with one attached hydrogen (secondary N) is 1. The summed E-state index contributed by atoms with van der Waals surface area (Å²) in [6.45, 7) is 5.18. The van der Waals surface area contributed by atoms with E-state index in [-0.39, 0.29) is 40.7 Å². The summed E-state index contributed by atoms with van der Waals surface area (Å²) in [6.07, 6.45) is 2.31. The second-order valence-corrected chi connectivity index (χ2v) is 8.65. The fraction of sp³-hybridized carbons (Fsp3) is 0.458. The topological polar surface area (TPSA) is 73.5 Å². The van der Waals surface area contributed by atoms with Gasteiger partial charge in [-0.2, -0.15) is 0 Å². The molecule has 2 atom stereocenters. The lowest BCUT2D eigenvalue weighted by Gasteiger charge is -2.47. The van der Waals surface area contributed by atoms with Gasteiger partial charge in [0.15, 0.2) is 0 Å². The molecule has 1 aromatic carbocycles. The number of amides is 2. The van der Waals surface area contributed by atoms with Crippen molar-refractivity contribution < 1.29 is 14.0 Å². The highest BCUT2D eigenvalue weighted by atomic mass is 19.1. The van der Waals surface area contributed by atoms with E-state index in [2.05, 4.69) is 4.98 Å². The zero-order valence-electron chi connectivity index (χ0n) is 18.0. The Morgan fingerprint density at radius 2 is 1.97 bits per heavy atom. The van der Waals surface area contributed by atoms with Crippen LogP contribution in [0.5, 0.6) is 0 Å². The van der Waals surface area contributed by atoms with Crippen LogP contribution in [0.1, 0.15) is 46.4 Å². The molecule has 31 heavy (non-hydrogen) atoms. The molecule has 0 saturated carbocycles. The first kappa shape index (κ1) is 21.3. The lowest BCUT2D eigenvalue weighted by molar-refractivity contribution is -0.140. The van der Waals surface area contributed by atoms with Crippen molar-refractivity contribution in [3.8, 4) is 0 Å². The van der Waals surface area contributed by atoms with Crippen molar-refractivity contribution in [1.82, 2.24) is 14.8 Å². The van der Waals surface area contributed by atoms with Crippen LogP contribution < -0.4 is 5.56 Å². The number of aromatic amines is 1. The zero-order chi connectivity index (χ0) is 22.1. The molecule has 0 radical (unpaired) electrons. The molecule has 2 fully saturated rings. The minimum absolute atomic E-state index is 0.0510. The number of hydrogen-bond donors (Lipinski definition) is 1. The van der Waals surface area contributed by atoms with Crippen LogP contribution in [-0.4, -0.2) is 52.3 Å². The van der Waals surface area contributed by atoms with Gasteiger partial charge in [-0.05, 0) is 62.3 Å². The number of carbonyl (C=O) groups is 2. The molecule has 2 saturated heterocycles. The first-order valence-electron chi connectivity index (χ1n) is 10.9. The van der Waals surface area contributed by atoms with Crippen LogP contribution in [0.25, 0.3) is 0 Å². The molecule has 164 valence electrons. The number of H-pyrrole nitrogens is 1. The Balaban J connectivity index is 1.46. The Morgan fingerprint density at radius 1 is 1.19 bits per heavy atom. The van der Waals surface area contributed by atoms with Crippen molar-refractivity contribution >= 4 is 11.8 Å². The first-order chi connectivity index (χ1) is 14.8. The highest BCUT2D eigenvalue weighted by molar-refractivity contribution is 5.94. The van der Waals surface area contributed by atoms with Gasteiger partial charge in [0.2, 0.25) is 5.91 Å². The van der Waals surface area contributed by atoms with Crippen LogP contribution in [0.4, 0.5) is 4.39 Å². The Bertz CT molecular complexity index is 1060. The third-order valence-electron chi connectivity index (χ3n) is 6.74. The fourth-order valence-electron chi connectivity index (χ4n) is 4.82. The Morgan fingerprint density at radius 3 is 2.74 bits per heavy atom. The summed E-state index contributed by atoms with van der Waals surface area (Å²) in [4.78, 5) is 44.3. The summed E-state index contributed by atoms with van der Waals surface area (Å²) in [6, 6.07) is 8.37. The highest BCUT2D eigenvalue weighted by Gasteiger charge is 2.40. The van der Waals surface area contributed by atoms with Crippen LogP contribution in [0.2, 0.25) is 0 Å². The standard InChI is InChI=1S/C24H28FN3O3/c1-15-13-19(23(30)26-16(15)2)24(31)27-11-10-21-18(14-27)7-8-22(29)28(21)12-9-17-5-3-4-6-20(17)25/h3-6,13,18,21H,7-12,14H2,1-2H3,(H,26,30)/t18-,21+/m1/s1. The predicted molar refractivity (Wildman–Crippen MR) is 115 cm³/mol. The Labute approximate surface area is 181 Å². The molecule has 1 aromatic heterocycles. The van der Waals surface area contributed by atoms with Gasteiger partial charge in [0.1, 0.15) is 11.4 Å². The molecule has 2 aliphatic rings. The van der Waals surface area contributed by atoms with Crippen molar-refractivity contribution in [2.24, 2.45) is 5.92 Å². The van der Waals surface area contributed by atoms with Gasteiger partial charge in [0.25, 0.3) is 11.5 Å². The average molecular weight is 426 g/mol. The minimum atomic E-state index is -0.361. The molecule has 4 rings (SSSR count). The average Bonchev–Trinajstić information content (AvgIpc) is 2.76. The third kappa shape index (κ3) is 4.27. The third-order valence-corrected chi connectivity index (χ3v) is 6.74. The summed E-state index contributed by atoms with van der Waals surface area (Å²) in [5, 5.41) is 0. The second-order valence-electron chi connectivity index (χ2n) is 8.65. The predicted octanol–water partition coefficient (Wildman–Crippen LogP) is 2.83. The molecule has 6 nitrogen and oxygen atoms in total. The van der Waals surface area contributed by atoms with Crippen LogP contribution in [0.15, 0.2) is 35.1 Å². The second kappa shape index (κ2) is 8.65. The smallest absolute Gasteiger partial charge is 0.261 e. The van der Waals surface area contributed by atoms with Crippen molar-refractivity contribution in [1.29, 1.82) is 0 Å². The van der Waals surface area contributed by atoms with E-state index in [9.17, 15) is 18.8 Å². The molecule has 1 N–H and O–H groups in total. The van der Waals surface area contributed by atoms with E-state index in [0.29, 0.717) is 44.5 Å². The number of nitrogens with zero attached hydrogens (tertiary/aromatic N) is 2. The molecule has 2 aliphatic heterocycles. The molecule has 2 amide bonds. The van der Waals surface area contributed by atoms with E-state index in [4.69, 9.17) is 0 Å². The van der Waals surface area contributed by atoms with Gasteiger partial charge in [0, 0.05) is 37.8 Å². The zero-order valence-corrected chi connectivity index (χ0v) is 18.0. The summed E-state index contributed by atoms with van der Waals surface area (Å²) in [5.41, 5.74) is 2.06. The Kier molecular flexibility index (Phi) is 5.94. The van der Waals surface area contributed by atoms with E-state index in [1.807, 2.05) is 18.7 Å². The summed E-state index contributed by atoms with van der Waals surface area (Å²) >= 11 is 0. The van der Waals surface area contributed by atoms with Crippen molar-refractivity contribution in [3.63, 3.8) is 0 Å². The van der Waals surface area contributed by atoms with Crippen LogP contribution in [0.3, 0.4) is 0 Å². The van der Waals surface area contributed by atoms with Gasteiger partial charge in [-0.3, -0.25) is 14.4 Å². The van der Waals surface area contributed by atoms with E-state index in [0.717, 1.165) is 17.7 Å². The fourth-order valence-corrected chi connectivity index (χ4v) is 4.82. The van der Waals surface area contributed by atoms with Gasteiger partial charge in [-0.15, -0.1) is 0 Å². The number of rotatable bonds is 4. The molecule has 7 heteroatoms.